The minimum atomic E-state index is -0.523. The largest absolute Gasteiger partial charge is 0.461 e. The van der Waals surface area contributed by atoms with Gasteiger partial charge in [0.05, 0.1) is 6.33 Å². The van der Waals surface area contributed by atoms with Gasteiger partial charge in [0.15, 0.2) is 0 Å². The minimum absolute atomic E-state index is 0.0362. The molecule has 1 aliphatic rings. The van der Waals surface area contributed by atoms with Gasteiger partial charge in [-0.05, 0) is 33.1 Å². The zero-order valence-electron chi connectivity index (χ0n) is 14.1. The molecule has 3 atom stereocenters. The van der Waals surface area contributed by atoms with Crippen LogP contribution in [0, 0.1) is 5.92 Å². The summed E-state index contributed by atoms with van der Waals surface area (Å²) in [6.45, 7) is 7.64. The summed E-state index contributed by atoms with van der Waals surface area (Å²) in [5.74, 6) is -0.0977. The number of imidazole rings is 1. The van der Waals surface area contributed by atoms with Crippen molar-refractivity contribution in [3.63, 3.8) is 0 Å². The van der Waals surface area contributed by atoms with Crippen molar-refractivity contribution in [1.82, 2.24) is 14.9 Å². The maximum Gasteiger partial charge on any atom is 0.407 e. The summed E-state index contributed by atoms with van der Waals surface area (Å²) in [5, 5.41) is 2.85. The zero-order chi connectivity index (χ0) is 17.0. The fourth-order valence-electron chi connectivity index (χ4n) is 2.70. The fourth-order valence-corrected chi connectivity index (χ4v) is 2.70. The van der Waals surface area contributed by atoms with Gasteiger partial charge in [-0.1, -0.05) is 6.92 Å². The number of esters is 1. The smallest absolute Gasteiger partial charge is 0.407 e. The van der Waals surface area contributed by atoms with Crippen molar-refractivity contribution in [3.8, 4) is 0 Å². The van der Waals surface area contributed by atoms with Crippen LogP contribution in [0.4, 0.5) is 4.79 Å². The van der Waals surface area contributed by atoms with E-state index in [1.54, 1.807) is 23.3 Å². The van der Waals surface area contributed by atoms with Crippen LogP contribution in [0.1, 0.15) is 40.5 Å². The molecule has 0 aliphatic heterocycles. The highest BCUT2D eigenvalue weighted by atomic mass is 16.6. The number of rotatable bonds is 4. The number of hydrogen-bond acceptors (Lipinski definition) is 5. The zero-order valence-corrected chi connectivity index (χ0v) is 14.1. The average Bonchev–Trinajstić information content (AvgIpc) is 2.98. The number of amides is 1. The van der Waals surface area contributed by atoms with E-state index in [1.807, 2.05) is 27.7 Å². The van der Waals surface area contributed by atoms with E-state index in [4.69, 9.17) is 9.47 Å². The molecule has 1 aliphatic carbocycles. The van der Waals surface area contributed by atoms with E-state index in [2.05, 4.69) is 10.3 Å². The van der Waals surface area contributed by atoms with Gasteiger partial charge in [0.2, 0.25) is 0 Å². The van der Waals surface area contributed by atoms with Gasteiger partial charge >= 0.3 is 12.1 Å². The van der Waals surface area contributed by atoms with Crippen LogP contribution in [-0.2, 0) is 20.8 Å². The summed E-state index contributed by atoms with van der Waals surface area (Å²) < 4.78 is 12.4. The molecule has 0 aromatic carbocycles. The summed E-state index contributed by atoms with van der Waals surface area (Å²) >= 11 is 0. The average molecular weight is 323 g/mol. The number of hydrogen-bond donors (Lipinski definition) is 1. The Labute approximate surface area is 136 Å². The lowest BCUT2D eigenvalue weighted by Crippen LogP contribution is -2.38. The van der Waals surface area contributed by atoms with E-state index < -0.39 is 11.7 Å². The van der Waals surface area contributed by atoms with Gasteiger partial charge < -0.3 is 19.4 Å². The second-order valence-corrected chi connectivity index (χ2v) is 7.06. The third kappa shape index (κ3) is 5.58. The third-order valence-corrected chi connectivity index (χ3v) is 3.68. The molecule has 2 rings (SSSR count). The lowest BCUT2D eigenvalue weighted by molar-refractivity contribution is -0.151. The van der Waals surface area contributed by atoms with Crippen LogP contribution in [0.25, 0.3) is 0 Å². The van der Waals surface area contributed by atoms with Crippen LogP contribution in [0.3, 0.4) is 0 Å². The lowest BCUT2D eigenvalue weighted by Gasteiger charge is -2.21. The number of nitrogens with one attached hydrogen (secondary N) is 1. The van der Waals surface area contributed by atoms with Gasteiger partial charge in [-0.3, -0.25) is 4.79 Å². The third-order valence-electron chi connectivity index (χ3n) is 3.68. The Bertz CT molecular complexity index is 536. The maximum atomic E-state index is 11.9. The maximum absolute atomic E-state index is 11.9. The van der Waals surface area contributed by atoms with Crippen LogP contribution < -0.4 is 5.32 Å². The predicted octanol–water partition coefficient (Wildman–Crippen LogP) is 2.12. The Balaban J connectivity index is 1.79. The summed E-state index contributed by atoms with van der Waals surface area (Å²) in [7, 11) is 0. The Morgan fingerprint density at radius 1 is 1.35 bits per heavy atom. The molecule has 0 radical (unpaired) electrons. The van der Waals surface area contributed by atoms with Crippen molar-refractivity contribution in [2.45, 2.75) is 64.8 Å². The lowest BCUT2D eigenvalue weighted by atomic mass is 10.1. The summed E-state index contributed by atoms with van der Waals surface area (Å²) in [6, 6.07) is -0.0362. The highest BCUT2D eigenvalue weighted by molar-refractivity contribution is 5.69. The molecule has 0 unspecified atom stereocenters. The highest BCUT2D eigenvalue weighted by Crippen LogP contribution is 2.28. The Morgan fingerprint density at radius 2 is 2.09 bits per heavy atom. The Hall–Kier alpha value is -2.05. The van der Waals surface area contributed by atoms with Crippen molar-refractivity contribution in [2.75, 3.05) is 0 Å². The molecular weight excluding hydrogens is 298 g/mol. The minimum Gasteiger partial charge on any atom is -0.461 e. The van der Waals surface area contributed by atoms with Crippen LogP contribution in [-0.4, -0.2) is 39.4 Å². The monoisotopic (exact) mass is 323 g/mol. The first-order chi connectivity index (χ1) is 10.7. The molecule has 0 spiro atoms. The molecule has 7 nitrogen and oxygen atoms in total. The molecule has 7 heteroatoms. The van der Waals surface area contributed by atoms with E-state index in [9.17, 15) is 9.59 Å². The van der Waals surface area contributed by atoms with Crippen LogP contribution in [0.5, 0.6) is 0 Å². The number of ether oxygens (including phenoxy) is 2. The van der Waals surface area contributed by atoms with Crippen molar-refractivity contribution in [3.05, 3.63) is 18.7 Å². The second kappa shape index (κ2) is 7.02. The van der Waals surface area contributed by atoms with Gasteiger partial charge in [0.25, 0.3) is 0 Å². The van der Waals surface area contributed by atoms with Crippen molar-refractivity contribution in [2.24, 2.45) is 5.92 Å². The van der Waals surface area contributed by atoms with Crippen LogP contribution >= 0.6 is 0 Å². The molecule has 1 saturated carbocycles. The van der Waals surface area contributed by atoms with Gasteiger partial charge in [-0.2, -0.15) is 0 Å². The molecule has 1 heterocycles. The fraction of sp³-hybridized carbons (Fsp3) is 0.688. The molecule has 0 bridgehead atoms. The molecule has 0 saturated heterocycles. The quantitative estimate of drug-likeness (QED) is 0.858. The van der Waals surface area contributed by atoms with E-state index in [0.717, 1.165) is 6.42 Å². The first-order valence-corrected chi connectivity index (χ1v) is 7.87. The Morgan fingerprint density at radius 3 is 2.70 bits per heavy atom. The van der Waals surface area contributed by atoms with Gasteiger partial charge in [0, 0.05) is 24.9 Å². The molecule has 128 valence electrons. The SMILES string of the molecule is C[C@H]1C[C@@H](NC(=O)OC(C)(C)C)C[C@@H]1OC(=O)Cn1ccnc1. The standard InChI is InChI=1S/C16H25N3O4/c1-11-7-12(18-15(21)23-16(2,3)4)8-13(11)22-14(20)9-19-6-5-17-10-19/h5-6,10-13H,7-9H2,1-4H3,(H,18,21)/t11-,12+,13-/m0/s1. The second-order valence-electron chi connectivity index (χ2n) is 7.06. The van der Waals surface area contributed by atoms with Gasteiger partial charge in [-0.15, -0.1) is 0 Å². The molecule has 23 heavy (non-hydrogen) atoms. The van der Waals surface area contributed by atoms with Crippen molar-refractivity contribution >= 4 is 12.1 Å². The van der Waals surface area contributed by atoms with Gasteiger partial charge in [-0.25, -0.2) is 9.78 Å². The van der Waals surface area contributed by atoms with Crippen LogP contribution in [0.2, 0.25) is 0 Å². The predicted molar refractivity (Wildman–Crippen MR) is 83.7 cm³/mol. The molecule has 1 N–H and O–H groups in total. The van der Waals surface area contributed by atoms with E-state index >= 15 is 0 Å². The highest BCUT2D eigenvalue weighted by Gasteiger charge is 2.35. The van der Waals surface area contributed by atoms with E-state index in [1.165, 1.54) is 0 Å². The van der Waals surface area contributed by atoms with Gasteiger partial charge in [0.1, 0.15) is 18.2 Å². The topological polar surface area (TPSA) is 82.5 Å². The summed E-state index contributed by atoms with van der Waals surface area (Å²) in [4.78, 5) is 27.6. The molecule has 1 aromatic rings. The van der Waals surface area contributed by atoms with Crippen LogP contribution in [0.15, 0.2) is 18.7 Å². The Kier molecular flexibility index (Phi) is 5.28. The molecule has 1 fully saturated rings. The number of carbonyl (C=O) groups is 2. The van der Waals surface area contributed by atoms with Crippen molar-refractivity contribution < 1.29 is 19.1 Å². The number of nitrogens with zero attached hydrogens (tertiary/aromatic N) is 2. The summed E-state index contributed by atoms with van der Waals surface area (Å²) in [6.07, 6.45) is 5.66. The number of alkyl carbamates (subject to hydrolysis) is 1. The number of carbonyl (C=O) groups excluding carboxylic acids is 2. The normalized spacial score (nSPS) is 24.3. The number of aromatic nitrogens is 2. The first kappa shape index (κ1) is 17.3. The van der Waals surface area contributed by atoms with Crippen molar-refractivity contribution in [1.29, 1.82) is 0 Å². The first-order valence-electron chi connectivity index (χ1n) is 7.87. The summed E-state index contributed by atoms with van der Waals surface area (Å²) in [5.41, 5.74) is -0.523. The molecule has 1 amide bonds. The van der Waals surface area contributed by atoms with E-state index in [-0.39, 0.29) is 30.6 Å². The molecular formula is C16H25N3O4. The van der Waals surface area contributed by atoms with E-state index in [0.29, 0.717) is 6.42 Å². The molecule has 1 aromatic heterocycles.